The van der Waals surface area contributed by atoms with E-state index in [1.807, 2.05) is 58.0 Å². The summed E-state index contributed by atoms with van der Waals surface area (Å²) in [4.78, 5) is 28.6. The van der Waals surface area contributed by atoms with Crippen LogP contribution >= 0.6 is 11.6 Å². The molecular weight excluding hydrogens is 550 g/mol. The monoisotopic (exact) mass is 585 g/mol. The van der Waals surface area contributed by atoms with Crippen LogP contribution in [0, 0.1) is 0 Å². The first kappa shape index (κ1) is 31.0. The third-order valence-electron chi connectivity index (χ3n) is 6.13. The summed E-state index contributed by atoms with van der Waals surface area (Å²) in [5, 5.41) is 3.28. The van der Waals surface area contributed by atoms with Crippen LogP contribution in [0.15, 0.2) is 83.8 Å². The molecule has 2 amide bonds. The number of carbonyl (C=O) groups excluding carboxylic acids is 2. The topological polar surface area (TPSA) is 96.0 Å². The van der Waals surface area contributed by atoms with E-state index in [2.05, 4.69) is 5.32 Å². The maximum Gasteiger partial charge on any atom is 0.264 e. The molecule has 3 aromatic rings. The Bertz CT molecular complexity index is 1360. The average Bonchev–Trinajstić information content (AvgIpc) is 2.92. The van der Waals surface area contributed by atoms with Crippen molar-refractivity contribution < 1.29 is 22.7 Å². The van der Waals surface area contributed by atoms with Gasteiger partial charge in [0, 0.05) is 17.6 Å². The van der Waals surface area contributed by atoms with Crippen LogP contribution in [-0.4, -0.2) is 50.4 Å². The number of halogens is 1. The van der Waals surface area contributed by atoms with Crippen molar-refractivity contribution in [2.75, 3.05) is 17.5 Å². The molecule has 0 aliphatic heterocycles. The maximum absolute atomic E-state index is 14.0. The van der Waals surface area contributed by atoms with E-state index in [0.29, 0.717) is 23.8 Å². The summed E-state index contributed by atoms with van der Waals surface area (Å²) in [7, 11) is -4.18. The summed E-state index contributed by atoms with van der Waals surface area (Å²) in [6.07, 6.45) is 0.351. The highest BCUT2D eigenvalue weighted by molar-refractivity contribution is 7.92. The predicted octanol–water partition coefficient (Wildman–Crippen LogP) is 5.27. The van der Waals surface area contributed by atoms with Gasteiger partial charge in [-0.15, -0.1) is 0 Å². The fraction of sp³-hybridized carbons (Fsp3) is 0.333. The number of hydrogen-bond acceptors (Lipinski definition) is 5. The van der Waals surface area contributed by atoms with E-state index in [4.69, 9.17) is 16.3 Å². The largest absolute Gasteiger partial charge is 0.494 e. The fourth-order valence-corrected chi connectivity index (χ4v) is 5.76. The number of amides is 2. The fourth-order valence-electron chi connectivity index (χ4n) is 4.22. The minimum Gasteiger partial charge on any atom is -0.494 e. The first-order valence-electron chi connectivity index (χ1n) is 13.2. The highest BCUT2D eigenvalue weighted by Gasteiger charge is 2.33. The molecule has 0 aliphatic carbocycles. The molecule has 0 saturated carbocycles. The van der Waals surface area contributed by atoms with Crippen LogP contribution in [0.4, 0.5) is 5.69 Å². The van der Waals surface area contributed by atoms with Crippen molar-refractivity contribution in [2.24, 2.45) is 0 Å². The molecule has 0 fully saturated rings. The zero-order valence-electron chi connectivity index (χ0n) is 23.2. The summed E-state index contributed by atoms with van der Waals surface area (Å²) >= 11 is 6.00. The Hall–Kier alpha value is -3.56. The molecule has 0 aliphatic rings. The minimum atomic E-state index is -4.18. The molecule has 1 N–H and O–H groups in total. The first-order chi connectivity index (χ1) is 19.1. The van der Waals surface area contributed by atoms with Gasteiger partial charge in [-0.25, -0.2) is 8.42 Å². The second-order valence-electron chi connectivity index (χ2n) is 9.49. The third-order valence-corrected chi connectivity index (χ3v) is 8.17. The quantitative estimate of drug-likeness (QED) is 0.295. The van der Waals surface area contributed by atoms with Gasteiger partial charge in [-0.3, -0.25) is 13.9 Å². The summed E-state index contributed by atoms with van der Waals surface area (Å²) in [5.74, 6) is -0.237. The normalized spacial score (nSPS) is 12.1. The van der Waals surface area contributed by atoms with Gasteiger partial charge in [-0.1, -0.05) is 48.9 Å². The SMILES string of the molecule is CCOc1ccc(N(CC(=O)N(Cc2ccccc2)[C@H](CC)C(=O)NC(C)C)S(=O)(=O)c2ccc(Cl)cc2)cc1. The van der Waals surface area contributed by atoms with Gasteiger partial charge in [0.05, 0.1) is 17.2 Å². The van der Waals surface area contributed by atoms with E-state index >= 15 is 0 Å². The Morgan fingerprint density at radius 1 is 0.925 bits per heavy atom. The molecule has 0 saturated heterocycles. The number of nitrogens with one attached hydrogen (secondary N) is 1. The first-order valence-corrected chi connectivity index (χ1v) is 15.0. The van der Waals surface area contributed by atoms with Gasteiger partial charge in [-0.05, 0) is 81.3 Å². The second-order valence-corrected chi connectivity index (χ2v) is 11.8. The van der Waals surface area contributed by atoms with Crippen molar-refractivity contribution in [3.8, 4) is 5.75 Å². The van der Waals surface area contributed by atoms with Crippen molar-refractivity contribution in [1.29, 1.82) is 0 Å². The van der Waals surface area contributed by atoms with Crippen LogP contribution < -0.4 is 14.4 Å². The van der Waals surface area contributed by atoms with Gasteiger partial charge in [-0.2, -0.15) is 0 Å². The molecule has 8 nitrogen and oxygen atoms in total. The second kappa shape index (κ2) is 14.2. The van der Waals surface area contributed by atoms with Crippen LogP contribution in [-0.2, 0) is 26.2 Å². The maximum atomic E-state index is 14.0. The zero-order chi connectivity index (χ0) is 29.3. The Kier molecular flexibility index (Phi) is 11.0. The number of benzene rings is 3. The summed E-state index contributed by atoms with van der Waals surface area (Å²) < 4.78 is 34.3. The van der Waals surface area contributed by atoms with Crippen LogP contribution in [0.25, 0.3) is 0 Å². The van der Waals surface area contributed by atoms with Crippen molar-refractivity contribution >= 4 is 39.1 Å². The number of ether oxygens (including phenoxy) is 1. The molecule has 10 heteroatoms. The number of carbonyl (C=O) groups is 2. The van der Waals surface area contributed by atoms with Gasteiger partial charge in [0.2, 0.25) is 11.8 Å². The standard InChI is InChI=1S/C30H36ClN3O5S/c1-5-28(30(36)32-22(3)4)33(20-23-10-8-7-9-11-23)29(35)21-34(25-14-16-26(17-15-25)39-6-2)40(37,38)27-18-12-24(31)13-19-27/h7-19,22,28H,5-6,20-21H2,1-4H3,(H,32,36)/t28-/m1/s1. The smallest absolute Gasteiger partial charge is 0.264 e. The minimum absolute atomic E-state index is 0.0159. The molecular formula is C30H36ClN3O5S. The zero-order valence-corrected chi connectivity index (χ0v) is 24.8. The Morgan fingerprint density at radius 2 is 1.55 bits per heavy atom. The van der Waals surface area contributed by atoms with Crippen LogP contribution in [0.3, 0.4) is 0 Å². The average molecular weight is 586 g/mol. The highest BCUT2D eigenvalue weighted by atomic mass is 35.5. The van der Waals surface area contributed by atoms with E-state index in [1.54, 1.807) is 24.3 Å². The van der Waals surface area contributed by atoms with E-state index in [1.165, 1.54) is 29.2 Å². The lowest BCUT2D eigenvalue weighted by molar-refractivity contribution is -0.140. The molecule has 0 aromatic heterocycles. The Labute approximate surface area is 241 Å². The number of nitrogens with zero attached hydrogens (tertiary/aromatic N) is 2. The predicted molar refractivity (Wildman–Crippen MR) is 158 cm³/mol. The lowest BCUT2D eigenvalue weighted by atomic mass is 10.1. The Balaban J connectivity index is 2.05. The van der Waals surface area contributed by atoms with Gasteiger partial charge in [0.1, 0.15) is 18.3 Å². The molecule has 0 unspecified atom stereocenters. The molecule has 0 radical (unpaired) electrons. The molecule has 3 aromatic carbocycles. The van der Waals surface area contributed by atoms with Gasteiger partial charge < -0.3 is 15.0 Å². The summed E-state index contributed by atoms with van der Waals surface area (Å²) in [5.41, 5.74) is 1.10. The molecule has 214 valence electrons. The number of rotatable bonds is 13. The third kappa shape index (κ3) is 7.99. The molecule has 0 bridgehead atoms. The van der Waals surface area contributed by atoms with E-state index in [0.717, 1.165) is 9.87 Å². The molecule has 40 heavy (non-hydrogen) atoms. The van der Waals surface area contributed by atoms with Gasteiger partial charge in [0.25, 0.3) is 10.0 Å². The lowest BCUT2D eigenvalue weighted by Crippen LogP contribution is -2.53. The summed E-state index contributed by atoms with van der Waals surface area (Å²) in [6.45, 7) is 7.45. The molecule has 1 atom stereocenters. The molecule has 0 heterocycles. The number of anilines is 1. The Morgan fingerprint density at radius 3 is 2.10 bits per heavy atom. The van der Waals surface area contributed by atoms with Crippen molar-refractivity contribution in [3.63, 3.8) is 0 Å². The highest BCUT2D eigenvalue weighted by Crippen LogP contribution is 2.27. The number of sulfonamides is 1. The molecule has 0 spiro atoms. The molecule has 3 rings (SSSR count). The van der Waals surface area contributed by atoms with Gasteiger partial charge >= 0.3 is 0 Å². The van der Waals surface area contributed by atoms with E-state index < -0.39 is 28.5 Å². The summed E-state index contributed by atoms with van der Waals surface area (Å²) in [6, 6.07) is 20.6. The van der Waals surface area contributed by atoms with E-state index in [-0.39, 0.29) is 29.1 Å². The van der Waals surface area contributed by atoms with E-state index in [9.17, 15) is 18.0 Å². The number of hydrogen-bond donors (Lipinski definition) is 1. The van der Waals surface area contributed by atoms with Crippen LogP contribution in [0.5, 0.6) is 5.75 Å². The van der Waals surface area contributed by atoms with Gasteiger partial charge in [0.15, 0.2) is 0 Å². The van der Waals surface area contributed by atoms with Crippen LogP contribution in [0.2, 0.25) is 5.02 Å². The van der Waals surface area contributed by atoms with Crippen molar-refractivity contribution in [1.82, 2.24) is 10.2 Å². The van der Waals surface area contributed by atoms with Crippen molar-refractivity contribution in [2.45, 2.75) is 57.6 Å². The van der Waals surface area contributed by atoms with Crippen LogP contribution in [0.1, 0.15) is 39.7 Å². The lowest BCUT2D eigenvalue weighted by Gasteiger charge is -2.33. The van der Waals surface area contributed by atoms with Crippen molar-refractivity contribution in [3.05, 3.63) is 89.4 Å².